The number of rotatable bonds is 7. The Hall–Kier alpha value is -4.10. The topological polar surface area (TPSA) is 144 Å². The van der Waals surface area contributed by atoms with Crippen LogP contribution in [0, 0.1) is 15.0 Å². The summed E-state index contributed by atoms with van der Waals surface area (Å²) in [5, 5.41) is 19.8. The molecule has 1 aliphatic rings. The van der Waals surface area contributed by atoms with Crippen molar-refractivity contribution >= 4 is 59.5 Å². The van der Waals surface area contributed by atoms with Crippen LogP contribution in [0.4, 0.5) is 11.4 Å². The van der Waals surface area contributed by atoms with E-state index in [4.69, 9.17) is 29.5 Å². The van der Waals surface area contributed by atoms with Gasteiger partial charge in [-0.3, -0.25) is 39.0 Å². The summed E-state index contributed by atoms with van der Waals surface area (Å²) in [5.41, 5.74) is 1.25. The number of nitrogens with one attached hydrogen (secondary N) is 3. The lowest BCUT2D eigenvalue weighted by molar-refractivity contribution is -0.148. The number of carbonyl (C=O) groups is 4. The summed E-state index contributed by atoms with van der Waals surface area (Å²) in [6.07, 6.45) is -0.675. The predicted octanol–water partition coefficient (Wildman–Crippen LogP) is 3.83. The van der Waals surface area contributed by atoms with E-state index in [2.05, 4.69) is 15.5 Å². The first-order valence-electron chi connectivity index (χ1n) is 11.3. The number of carboxylic acids is 1. The number of anilines is 2. The van der Waals surface area contributed by atoms with Gasteiger partial charge in [-0.25, -0.2) is 0 Å². The molecule has 0 spiro atoms. The van der Waals surface area contributed by atoms with Crippen LogP contribution < -0.4 is 10.3 Å². The third kappa shape index (κ3) is 5.37. The third-order valence-corrected chi connectivity index (χ3v) is 6.39. The number of aromatic nitrogens is 3. The van der Waals surface area contributed by atoms with E-state index < -0.39 is 23.2 Å². The highest BCUT2D eigenvalue weighted by Crippen LogP contribution is 2.34. The van der Waals surface area contributed by atoms with Crippen molar-refractivity contribution in [2.45, 2.75) is 26.7 Å². The van der Waals surface area contributed by atoms with Crippen LogP contribution >= 0.6 is 24.4 Å². The first-order chi connectivity index (χ1) is 17.5. The number of aromatic amines is 2. The van der Waals surface area contributed by atoms with Crippen LogP contribution in [0.1, 0.15) is 37.0 Å². The number of hydrogen-bond acceptors (Lipinski definition) is 7. The van der Waals surface area contributed by atoms with Crippen LogP contribution in [-0.4, -0.2) is 55.1 Å². The van der Waals surface area contributed by atoms with Gasteiger partial charge in [-0.1, -0.05) is 6.07 Å². The largest absolute Gasteiger partial charge is 0.481 e. The fourth-order valence-corrected chi connectivity index (χ4v) is 4.49. The normalized spacial score (nSPS) is 14.6. The molecule has 2 aromatic carbocycles. The molecule has 0 unspecified atom stereocenters. The zero-order chi connectivity index (χ0) is 26.9. The molecule has 1 fully saturated rings. The number of imide groups is 1. The van der Waals surface area contributed by atoms with Crippen LogP contribution in [0.2, 0.25) is 0 Å². The number of aliphatic carboxylic acids is 1. The number of carbonyl (C=O) groups excluding carboxylic acids is 3. The number of H-pyrrole nitrogens is 2. The lowest BCUT2D eigenvalue weighted by Gasteiger charge is -2.27. The monoisotopic (exact) mass is 540 g/mol. The number of nitrogens with zero attached hydrogens (tertiary/aromatic N) is 3. The predicted molar refractivity (Wildman–Crippen MR) is 140 cm³/mol. The van der Waals surface area contributed by atoms with Crippen LogP contribution in [0.15, 0.2) is 48.5 Å². The van der Waals surface area contributed by atoms with Gasteiger partial charge in [-0.2, -0.15) is 5.01 Å². The smallest absolute Gasteiger partial charge is 0.303 e. The quantitative estimate of drug-likeness (QED) is 0.331. The van der Waals surface area contributed by atoms with E-state index in [0.29, 0.717) is 32.2 Å². The molecule has 2 heterocycles. The van der Waals surface area contributed by atoms with Gasteiger partial charge in [-0.15, -0.1) is 0 Å². The van der Waals surface area contributed by atoms with Crippen molar-refractivity contribution in [3.05, 3.63) is 63.6 Å². The minimum atomic E-state index is -1.12. The first kappa shape index (κ1) is 26.0. The summed E-state index contributed by atoms with van der Waals surface area (Å²) in [5.74, 6) is -2.49. The maximum absolute atomic E-state index is 12.9. The molecular weight excluding hydrogens is 516 g/mol. The van der Waals surface area contributed by atoms with E-state index in [0.717, 1.165) is 5.01 Å². The van der Waals surface area contributed by atoms with E-state index in [9.17, 15) is 19.2 Å². The number of hydrogen-bond donors (Lipinski definition) is 4. The van der Waals surface area contributed by atoms with Gasteiger partial charge >= 0.3 is 5.97 Å². The minimum Gasteiger partial charge on any atom is -0.481 e. The molecule has 1 saturated heterocycles. The van der Waals surface area contributed by atoms with Gasteiger partial charge in [0, 0.05) is 17.7 Å². The van der Waals surface area contributed by atoms with Gasteiger partial charge in [0.1, 0.15) is 0 Å². The second-order valence-corrected chi connectivity index (χ2v) is 9.87. The maximum atomic E-state index is 12.9. The Morgan fingerprint density at radius 2 is 1.65 bits per heavy atom. The van der Waals surface area contributed by atoms with E-state index in [1.165, 1.54) is 5.01 Å². The summed E-state index contributed by atoms with van der Waals surface area (Å²) in [4.78, 5) is 49.3. The molecule has 4 N–H and O–H groups in total. The van der Waals surface area contributed by atoms with Crippen molar-refractivity contribution in [2.24, 2.45) is 5.41 Å². The molecule has 0 atom stereocenters. The van der Waals surface area contributed by atoms with Gasteiger partial charge < -0.3 is 10.4 Å². The lowest BCUT2D eigenvalue weighted by Crippen LogP contribution is -2.44. The van der Waals surface area contributed by atoms with Gasteiger partial charge in [0.15, 0.2) is 9.54 Å². The number of benzene rings is 2. The van der Waals surface area contributed by atoms with Crippen LogP contribution in [0.25, 0.3) is 5.69 Å². The molecule has 11 nitrogen and oxygen atoms in total. The molecule has 0 aliphatic carbocycles. The van der Waals surface area contributed by atoms with E-state index in [1.54, 1.807) is 66.9 Å². The molecule has 0 saturated carbocycles. The van der Waals surface area contributed by atoms with Gasteiger partial charge in [0.05, 0.1) is 29.8 Å². The van der Waals surface area contributed by atoms with E-state index in [-0.39, 0.29) is 25.3 Å². The molecule has 3 aromatic rings. The Kier molecular flexibility index (Phi) is 7.09. The second kappa shape index (κ2) is 10.1. The lowest BCUT2D eigenvalue weighted by atomic mass is 9.94. The number of carboxylic acid groups (broad SMARTS) is 1. The van der Waals surface area contributed by atoms with Crippen LogP contribution in [-0.2, 0) is 14.4 Å². The van der Waals surface area contributed by atoms with E-state index >= 15 is 0 Å². The van der Waals surface area contributed by atoms with Crippen LogP contribution in [0.5, 0.6) is 0 Å². The summed E-state index contributed by atoms with van der Waals surface area (Å²) in [7, 11) is 0. The first-order valence-corrected chi connectivity index (χ1v) is 12.1. The molecule has 0 bridgehead atoms. The Balaban J connectivity index is 1.52. The number of amides is 3. The Labute approximate surface area is 221 Å². The second-order valence-electron chi connectivity index (χ2n) is 9.09. The van der Waals surface area contributed by atoms with E-state index in [1.807, 2.05) is 0 Å². The highest BCUT2D eigenvalue weighted by Gasteiger charge is 2.47. The molecule has 37 heavy (non-hydrogen) atoms. The fraction of sp³-hybridized carbons (Fsp3) is 0.250. The summed E-state index contributed by atoms with van der Waals surface area (Å²) in [6.45, 7) is 3.67. The third-order valence-electron chi connectivity index (χ3n) is 5.82. The number of hydrazine groups is 1. The van der Waals surface area contributed by atoms with Crippen molar-refractivity contribution in [1.82, 2.24) is 19.8 Å². The molecule has 1 aliphatic heterocycles. The van der Waals surface area contributed by atoms with Crippen molar-refractivity contribution in [2.75, 3.05) is 16.9 Å². The minimum absolute atomic E-state index is 0.229. The molecule has 1 aromatic heterocycles. The van der Waals surface area contributed by atoms with Crippen molar-refractivity contribution in [3.8, 4) is 5.69 Å². The van der Waals surface area contributed by atoms with Crippen LogP contribution in [0.3, 0.4) is 0 Å². The SMILES string of the molecule is CC1(C)CN(c2ccc(C(=O)Nc3cccc(-n4c(=S)[nH][nH]c4=S)c3)cc2)N(C(=O)CCC(=O)O)C1=O. The average molecular weight is 541 g/mol. The Morgan fingerprint density at radius 1 is 1.00 bits per heavy atom. The Bertz CT molecular complexity index is 1480. The Morgan fingerprint density at radius 3 is 2.27 bits per heavy atom. The molecule has 192 valence electrons. The summed E-state index contributed by atoms with van der Waals surface area (Å²) < 4.78 is 2.41. The molecule has 0 radical (unpaired) electrons. The molecule has 13 heteroatoms. The molecular formula is C24H24N6O5S2. The zero-order valence-electron chi connectivity index (χ0n) is 20.0. The summed E-state index contributed by atoms with van der Waals surface area (Å²) in [6, 6.07) is 13.5. The van der Waals surface area contributed by atoms with Crippen molar-refractivity contribution in [3.63, 3.8) is 0 Å². The standard InChI is InChI=1S/C24H24N6O5S2/c1-24(2)13-28(30(21(24)35)18(31)10-11-19(32)33)16-8-6-14(7-9-16)20(34)25-15-4-3-5-17(12-15)29-22(36)26-27-23(29)37/h3-9,12H,10-11,13H2,1-2H3,(H,25,34)(H,26,36)(H,27,37)(H,32,33). The average Bonchev–Trinajstić information content (AvgIpc) is 3.31. The molecule has 4 rings (SSSR count). The molecule has 3 amide bonds. The fourth-order valence-electron chi connectivity index (χ4n) is 3.94. The van der Waals surface area contributed by atoms with Gasteiger partial charge in [0.25, 0.3) is 11.8 Å². The zero-order valence-corrected chi connectivity index (χ0v) is 21.6. The highest BCUT2D eigenvalue weighted by molar-refractivity contribution is 7.72. The maximum Gasteiger partial charge on any atom is 0.303 e. The summed E-state index contributed by atoms with van der Waals surface area (Å²) >= 11 is 10.5. The van der Waals surface area contributed by atoms with Gasteiger partial charge in [-0.05, 0) is 80.7 Å². The van der Waals surface area contributed by atoms with Crippen molar-refractivity contribution < 1.29 is 24.3 Å². The highest BCUT2D eigenvalue weighted by atomic mass is 32.1. The van der Waals surface area contributed by atoms with Gasteiger partial charge in [0.2, 0.25) is 5.91 Å². The van der Waals surface area contributed by atoms with Crippen molar-refractivity contribution in [1.29, 1.82) is 0 Å².